The van der Waals surface area contributed by atoms with Crippen LogP contribution in [0.3, 0.4) is 0 Å². The molecule has 2 rings (SSSR count). The van der Waals surface area contributed by atoms with Gasteiger partial charge in [-0.1, -0.05) is 29.3 Å². The van der Waals surface area contributed by atoms with Crippen LogP contribution in [0.1, 0.15) is 17.2 Å². The van der Waals surface area contributed by atoms with Gasteiger partial charge in [-0.05, 0) is 29.7 Å². The summed E-state index contributed by atoms with van der Waals surface area (Å²) in [6, 6.07) is 5.23. The number of halogens is 2. The highest BCUT2D eigenvalue weighted by Crippen LogP contribution is 2.26. The standard InChI is InChI=1S/C12H13Cl2N3/c1-17-7-8(6-16-17)4-12(15)10-3-2-9(13)5-11(10)14/h2-3,5-7,12H,4,15H2,1H3. The molecule has 0 aliphatic carbocycles. The van der Waals surface area contributed by atoms with Crippen molar-refractivity contribution in [3.05, 3.63) is 51.8 Å². The number of aryl methyl sites for hydroxylation is 1. The Labute approximate surface area is 110 Å². The predicted molar refractivity (Wildman–Crippen MR) is 70.3 cm³/mol. The van der Waals surface area contributed by atoms with E-state index >= 15 is 0 Å². The Balaban J connectivity index is 2.17. The van der Waals surface area contributed by atoms with E-state index in [9.17, 15) is 0 Å². The van der Waals surface area contributed by atoms with Crippen LogP contribution < -0.4 is 5.73 Å². The largest absolute Gasteiger partial charge is 0.324 e. The van der Waals surface area contributed by atoms with Crippen molar-refractivity contribution in [1.29, 1.82) is 0 Å². The maximum Gasteiger partial charge on any atom is 0.0522 e. The van der Waals surface area contributed by atoms with E-state index in [0.717, 1.165) is 11.1 Å². The molecule has 1 aromatic heterocycles. The Bertz CT molecular complexity index is 522. The van der Waals surface area contributed by atoms with Gasteiger partial charge in [0.05, 0.1) is 6.20 Å². The van der Waals surface area contributed by atoms with Gasteiger partial charge in [-0.3, -0.25) is 4.68 Å². The van der Waals surface area contributed by atoms with Gasteiger partial charge in [0.25, 0.3) is 0 Å². The smallest absolute Gasteiger partial charge is 0.0522 e. The molecule has 90 valence electrons. The van der Waals surface area contributed by atoms with Crippen molar-refractivity contribution >= 4 is 23.2 Å². The molecule has 0 fully saturated rings. The predicted octanol–water partition coefficient (Wildman–Crippen LogP) is 2.97. The summed E-state index contributed by atoms with van der Waals surface area (Å²) < 4.78 is 1.76. The van der Waals surface area contributed by atoms with Gasteiger partial charge in [0.15, 0.2) is 0 Å². The molecule has 0 spiro atoms. The molecule has 0 aliphatic rings. The van der Waals surface area contributed by atoms with Crippen molar-refractivity contribution in [2.75, 3.05) is 0 Å². The summed E-state index contributed by atoms with van der Waals surface area (Å²) >= 11 is 12.0. The van der Waals surface area contributed by atoms with Crippen LogP contribution >= 0.6 is 23.2 Å². The maximum atomic E-state index is 6.12. The molecule has 17 heavy (non-hydrogen) atoms. The number of rotatable bonds is 3. The van der Waals surface area contributed by atoms with E-state index in [-0.39, 0.29) is 6.04 Å². The monoisotopic (exact) mass is 269 g/mol. The summed E-state index contributed by atoms with van der Waals surface area (Å²) in [5, 5.41) is 5.33. The zero-order chi connectivity index (χ0) is 12.4. The molecule has 0 bridgehead atoms. The Morgan fingerprint density at radius 2 is 2.18 bits per heavy atom. The van der Waals surface area contributed by atoms with E-state index in [1.54, 1.807) is 16.8 Å². The van der Waals surface area contributed by atoms with Gasteiger partial charge < -0.3 is 5.73 Å². The Hall–Kier alpha value is -1.03. The van der Waals surface area contributed by atoms with Crippen molar-refractivity contribution < 1.29 is 0 Å². The number of hydrogen-bond acceptors (Lipinski definition) is 2. The molecule has 0 saturated carbocycles. The van der Waals surface area contributed by atoms with E-state index in [2.05, 4.69) is 5.10 Å². The molecule has 0 aliphatic heterocycles. The summed E-state index contributed by atoms with van der Waals surface area (Å²) in [6.07, 6.45) is 4.46. The van der Waals surface area contributed by atoms with Gasteiger partial charge in [0, 0.05) is 29.3 Å². The lowest BCUT2D eigenvalue weighted by molar-refractivity contribution is 0.719. The molecule has 0 amide bonds. The third-order valence-corrected chi connectivity index (χ3v) is 3.14. The van der Waals surface area contributed by atoms with Crippen LogP contribution in [0.25, 0.3) is 0 Å². The van der Waals surface area contributed by atoms with E-state index in [0.29, 0.717) is 16.5 Å². The van der Waals surface area contributed by atoms with Gasteiger partial charge >= 0.3 is 0 Å². The van der Waals surface area contributed by atoms with E-state index in [1.165, 1.54) is 0 Å². The molecule has 1 atom stereocenters. The zero-order valence-corrected chi connectivity index (χ0v) is 10.9. The molecule has 3 nitrogen and oxygen atoms in total. The fourth-order valence-corrected chi connectivity index (χ4v) is 2.29. The first-order chi connectivity index (χ1) is 8.06. The quantitative estimate of drug-likeness (QED) is 0.931. The fourth-order valence-electron chi connectivity index (χ4n) is 1.74. The number of aromatic nitrogens is 2. The maximum absolute atomic E-state index is 6.12. The topological polar surface area (TPSA) is 43.8 Å². The van der Waals surface area contributed by atoms with Crippen LogP contribution in [0, 0.1) is 0 Å². The molecule has 0 radical (unpaired) electrons. The van der Waals surface area contributed by atoms with Crippen LogP contribution in [-0.2, 0) is 13.5 Å². The molecular formula is C12H13Cl2N3. The van der Waals surface area contributed by atoms with Crippen LogP contribution in [0.15, 0.2) is 30.6 Å². The second-order valence-corrected chi connectivity index (χ2v) is 4.84. The minimum atomic E-state index is -0.149. The first kappa shape index (κ1) is 12.4. The third kappa shape index (κ3) is 3.00. The Kier molecular flexibility index (Phi) is 3.72. The number of nitrogens with two attached hydrogens (primary N) is 1. The lowest BCUT2D eigenvalue weighted by atomic mass is 10.0. The average Bonchev–Trinajstić information content (AvgIpc) is 2.63. The van der Waals surface area contributed by atoms with Crippen molar-refractivity contribution in [3.8, 4) is 0 Å². The van der Waals surface area contributed by atoms with Gasteiger partial charge in [-0.25, -0.2) is 0 Å². The van der Waals surface area contributed by atoms with E-state index < -0.39 is 0 Å². The minimum absolute atomic E-state index is 0.149. The molecule has 2 aromatic rings. The number of nitrogens with zero attached hydrogens (tertiary/aromatic N) is 2. The highest BCUT2D eigenvalue weighted by molar-refractivity contribution is 6.35. The van der Waals surface area contributed by atoms with Crippen LogP contribution in [0.2, 0.25) is 10.0 Å². The normalized spacial score (nSPS) is 12.7. The van der Waals surface area contributed by atoms with Crippen LogP contribution in [0.5, 0.6) is 0 Å². The van der Waals surface area contributed by atoms with Crippen LogP contribution in [-0.4, -0.2) is 9.78 Å². The fraction of sp³-hybridized carbons (Fsp3) is 0.250. The molecular weight excluding hydrogens is 257 g/mol. The van der Waals surface area contributed by atoms with Crippen LogP contribution in [0.4, 0.5) is 0 Å². The van der Waals surface area contributed by atoms with Gasteiger partial charge in [0.2, 0.25) is 0 Å². The Morgan fingerprint density at radius 3 is 2.76 bits per heavy atom. The highest BCUT2D eigenvalue weighted by Gasteiger charge is 2.12. The molecule has 1 aromatic carbocycles. The summed E-state index contributed by atoms with van der Waals surface area (Å²) in [6.45, 7) is 0. The lowest BCUT2D eigenvalue weighted by Crippen LogP contribution is -2.13. The average molecular weight is 270 g/mol. The molecule has 5 heteroatoms. The highest BCUT2D eigenvalue weighted by atomic mass is 35.5. The van der Waals surface area contributed by atoms with Crippen molar-refractivity contribution in [3.63, 3.8) is 0 Å². The summed E-state index contributed by atoms with van der Waals surface area (Å²) in [7, 11) is 1.88. The number of benzene rings is 1. The summed E-state index contributed by atoms with van der Waals surface area (Å²) in [4.78, 5) is 0. The second-order valence-electron chi connectivity index (χ2n) is 4.00. The van der Waals surface area contributed by atoms with E-state index in [1.807, 2.05) is 25.5 Å². The second kappa shape index (κ2) is 5.08. The number of hydrogen-bond donors (Lipinski definition) is 1. The van der Waals surface area contributed by atoms with Crippen molar-refractivity contribution in [2.24, 2.45) is 12.8 Å². The first-order valence-corrected chi connectivity index (χ1v) is 6.00. The zero-order valence-electron chi connectivity index (χ0n) is 9.40. The van der Waals surface area contributed by atoms with Gasteiger partial charge in [-0.15, -0.1) is 0 Å². The van der Waals surface area contributed by atoms with Crippen molar-refractivity contribution in [2.45, 2.75) is 12.5 Å². The Morgan fingerprint density at radius 1 is 1.41 bits per heavy atom. The van der Waals surface area contributed by atoms with Crippen molar-refractivity contribution in [1.82, 2.24) is 9.78 Å². The molecule has 1 unspecified atom stereocenters. The summed E-state index contributed by atoms with van der Waals surface area (Å²) in [5.41, 5.74) is 8.11. The SMILES string of the molecule is Cn1cc(CC(N)c2ccc(Cl)cc2Cl)cn1. The lowest BCUT2D eigenvalue weighted by Gasteiger charge is -2.12. The van der Waals surface area contributed by atoms with Gasteiger partial charge in [0.1, 0.15) is 0 Å². The summed E-state index contributed by atoms with van der Waals surface area (Å²) in [5.74, 6) is 0. The first-order valence-electron chi connectivity index (χ1n) is 5.24. The molecule has 0 saturated heterocycles. The van der Waals surface area contributed by atoms with Gasteiger partial charge in [-0.2, -0.15) is 5.10 Å². The molecule has 2 N–H and O–H groups in total. The minimum Gasteiger partial charge on any atom is -0.324 e. The third-order valence-electron chi connectivity index (χ3n) is 2.58. The molecule has 1 heterocycles. The van der Waals surface area contributed by atoms with E-state index in [4.69, 9.17) is 28.9 Å².